The van der Waals surface area contributed by atoms with Gasteiger partial charge in [0.25, 0.3) is 0 Å². The van der Waals surface area contributed by atoms with E-state index in [-0.39, 0.29) is 0 Å². The Morgan fingerprint density at radius 1 is 1.05 bits per heavy atom. The second kappa shape index (κ2) is 7.21. The van der Waals surface area contributed by atoms with Gasteiger partial charge in [-0.25, -0.2) is 0 Å². The summed E-state index contributed by atoms with van der Waals surface area (Å²) in [5, 5.41) is 1.99. The van der Waals surface area contributed by atoms with Crippen LogP contribution in [0, 0.1) is 0 Å². The lowest BCUT2D eigenvalue weighted by Gasteiger charge is -2.12. The van der Waals surface area contributed by atoms with E-state index in [0.717, 1.165) is 22.2 Å². The number of rotatable bonds is 5. The van der Waals surface area contributed by atoms with Crippen LogP contribution in [-0.4, -0.2) is 7.11 Å². The summed E-state index contributed by atoms with van der Waals surface area (Å²) in [6.07, 6.45) is 0. The quantitative estimate of drug-likeness (QED) is 0.644. The van der Waals surface area contributed by atoms with E-state index in [9.17, 15) is 0 Å². The van der Waals surface area contributed by atoms with Crippen molar-refractivity contribution in [2.75, 3.05) is 7.11 Å². The van der Waals surface area contributed by atoms with Crippen molar-refractivity contribution in [3.63, 3.8) is 0 Å². The maximum atomic E-state index is 6.18. The summed E-state index contributed by atoms with van der Waals surface area (Å²) < 4.78 is 11.0. The molecule has 2 nitrogen and oxygen atoms in total. The van der Waals surface area contributed by atoms with Crippen LogP contribution in [0.2, 0.25) is 10.0 Å². The highest BCUT2D eigenvalue weighted by molar-refractivity contribution is 9.08. The number of hydrogen-bond acceptors (Lipinski definition) is 2. The second-order valence-corrected chi connectivity index (χ2v) is 5.55. The van der Waals surface area contributed by atoms with Crippen LogP contribution in [0.15, 0.2) is 36.4 Å². The first-order valence-electron chi connectivity index (χ1n) is 5.93. The molecule has 2 aromatic carbocycles. The third kappa shape index (κ3) is 3.81. The minimum absolute atomic E-state index is 0.344. The molecule has 0 bridgehead atoms. The molecule has 0 aliphatic carbocycles. The van der Waals surface area contributed by atoms with E-state index in [1.54, 1.807) is 13.2 Å². The fraction of sp³-hybridized carbons (Fsp3) is 0.200. The zero-order valence-electron chi connectivity index (χ0n) is 10.8. The first-order chi connectivity index (χ1) is 9.63. The summed E-state index contributed by atoms with van der Waals surface area (Å²) in [6, 6.07) is 11.1. The molecule has 106 valence electrons. The van der Waals surface area contributed by atoms with Crippen molar-refractivity contribution in [1.82, 2.24) is 0 Å². The summed E-state index contributed by atoms with van der Waals surface area (Å²) in [4.78, 5) is 0. The van der Waals surface area contributed by atoms with Crippen LogP contribution in [0.4, 0.5) is 0 Å². The molecule has 0 fully saturated rings. The fourth-order valence-corrected chi connectivity index (χ4v) is 2.56. The van der Waals surface area contributed by atoms with E-state index >= 15 is 0 Å². The molecule has 0 aromatic heterocycles. The Balaban J connectivity index is 2.14. The van der Waals surface area contributed by atoms with Gasteiger partial charge in [-0.15, -0.1) is 0 Å². The van der Waals surface area contributed by atoms with Crippen molar-refractivity contribution < 1.29 is 9.47 Å². The number of ether oxygens (including phenoxy) is 2. The minimum Gasteiger partial charge on any atom is -0.496 e. The largest absolute Gasteiger partial charge is 0.496 e. The first-order valence-corrected chi connectivity index (χ1v) is 7.81. The smallest absolute Gasteiger partial charge is 0.138 e. The average molecular weight is 376 g/mol. The summed E-state index contributed by atoms with van der Waals surface area (Å²) >= 11 is 15.5. The van der Waals surface area contributed by atoms with Gasteiger partial charge in [-0.2, -0.15) is 0 Å². The van der Waals surface area contributed by atoms with Gasteiger partial charge in [-0.05, 0) is 35.9 Å². The number of alkyl halides is 1. The molecule has 0 amide bonds. The third-order valence-electron chi connectivity index (χ3n) is 2.78. The van der Waals surface area contributed by atoms with Crippen LogP contribution >= 0.6 is 39.1 Å². The molecule has 0 aliphatic heterocycles. The van der Waals surface area contributed by atoms with Crippen LogP contribution in [0.25, 0.3) is 0 Å². The van der Waals surface area contributed by atoms with Crippen LogP contribution in [0.1, 0.15) is 11.1 Å². The van der Waals surface area contributed by atoms with E-state index in [2.05, 4.69) is 15.9 Å². The second-order valence-electron chi connectivity index (χ2n) is 4.14. The molecule has 2 rings (SSSR count). The summed E-state index contributed by atoms with van der Waals surface area (Å²) in [6.45, 7) is 0.344. The highest BCUT2D eigenvalue weighted by Gasteiger charge is 2.07. The molecular formula is C15H13BrCl2O2. The molecule has 2 aromatic rings. The molecule has 0 spiro atoms. The Labute approximate surface area is 136 Å². The zero-order valence-corrected chi connectivity index (χ0v) is 13.9. The molecule has 5 heteroatoms. The molecule has 0 heterocycles. The SMILES string of the molecule is COc1ccc(Cl)cc1COc1ccc(CBr)cc1Cl. The number of hydrogen-bond donors (Lipinski definition) is 0. The first kappa shape index (κ1) is 15.5. The van der Waals surface area contributed by atoms with Gasteiger partial charge in [0, 0.05) is 15.9 Å². The van der Waals surface area contributed by atoms with Crippen molar-refractivity contribution in [1.29, 1.82) is 0 Å². The monoisotopic (exact) mass is 374 g/mol. The maximum Gasteiger partial charge on any atom is 0.138 e. The van der Waals surface area contributed by atoms with Crippen LogP contribution < -0.4 is 9.47 Å². The predicted octanol–water partition coefficient (Wildman–Crippen LogP) is 5.48. The van der Waals surface area contributed by atoms with E-state index < -0.39 is 0 Å². The van der Waals surface area contributed by atoms with Crippen molar-refractivity contribution in [2.24, 2.45) is 0 Å². The van der Waals surface area contributed by atoms with Crippen molar-refractivity contribution in [3.8, 4) is 11.5 Å². The van der Waals surface area contributed by atoms with Crippen LogP contribution in [-0.2, 0) is 11.9 Å². The highest BCUT2D eigenvalue weighted by atomic mass is 79.9. The van der Waals surface area contributed by atoms with E-state index in [0.29, 0.717) is 22.4 Å². The molecule has 0 aliphatic rings. The van der Waals surface area contributed by atoms with Crippen LogP contribution in [0.5, 0.6) is 11.5 Å². The molecule has 0 radical (unpaired) electrons. The summed E-state index contributed by atoms with van der Waals surface area (Å²) in [7, 11) is 1.62. The number of halogens is 3. The third-order valence-corrected chi connectivity index (χ3v) is 3.95. The normalized spacial score (nSPS) is 10.4. The van der Waals surface area contributed by atoms with Crippen molar-refractivity contribution >= 4 is 39.1 Å². The van der Waals surface area contributed by atoms with Crippen molar-refractivity contribution in [3.05, 3.63) is 57.6 Å². The molecule has 0 unspecified atom stereocenters. The maximum absolute atomic E-state index is 6.18. The average Bonchev–Trinajstić information content (AvgIpc) is 2.46. The van der Waals surface area contributed by atoms with Gasteiger partial charge in [0.15, 0.2) is 0 Å². The molecule has 0 atom stereocenters. The Bertz CT molecular complexity index is 602. The topological polar surface area (TPSA) is 18.5 Å². The lowest BCUT2D eigenvalue weighted by molar-refractivity contribution is 0.297. The molecular weight excluding hydrogens is 363 g/mol. The summed E-state index contributed by atoms with van der Waals surface area (Å²) in [5.74, 6) is 1.38. The van der Waals surface area contributed by atoms with E-state index in [1.165, 1.54) is 0 Å². The Morgan fingerprint density at radius 2 is 1.80 bits per heavy atom. The van der Waals surface area contributed by atoms with Gasteiger partial charge >= 0.3 is 0 Å². The standard InChI is InChI=1S/C15H13BrCl2O2/c1-19-14-5-3-12(17)7-11(14)9-20-15-4-2-10(8-16)6-13(15)18/h2-7H,8-9H2,1H3. The van der Waals surface area contributed by atoms with Gasteiger partial charge in [0.2, 0.25) is 0 Å². The number of benzene rings is 2. The van der Waals surface area contributed by atoms with Gasteiger partial charge in [0.1, 0.15) is 18.1 Å². The van der Waals surface area contributed by atoms with E-state index in [4.69, 9.17) is 32.7 Å². The molecule has 0 saturated carbocycles. The Hall–Kier alpha value is -0.900. The highest BCUT2D eigenvalue weighted by Crippen LogP contribution is 2.29. The predicted molar refractivity (Wildman–Crippen MR) is 86.4 cm³/mol. The van der Waals surface area contributed by atoms with Crippen LogP contribution in [0.3, 0.4) is 0 Å². The minimum atomic E-state index is 0.344. The molecule has 0 N–H and O–H groups in total. The molecule has 0 saturated heterocycles. The van der Waals surface area contributed by atoms with Gasteiger partial charge in [-0.3, -0.25) is 0 Å². The lowest BCUT2D eigenvalue weighted by atomic mass is 10.2. The zero-order chi connectivity index (χ0) is 14.5. The Morgan fingerprint density at radius 3 is 2.45 bits per heavy atom. The van der Waals surface area contributed by atoms with Gasteiger partial charge in [0.05, 0.1) is 12.1 Å². The van der Waals surface area contributed by atoms with Gasteiger partial charge in [-0.1, -0.05) is 45.2 Å². The van der Waals surface area contributed by atoms with Gasteiger partial charge < -0.3 is 9.47 Å². The molecule has 20 heavy (non-hydrogen) atoms. The lowest BCUT2D eigenvalue weighted by Crippen LogP contribution is -1.99. The fourth-order valence-electron chi connectivity index (χ4n) is 1.76. The van der Waals surface area contributed by atoms with Crippen molar-refractivity contribution in [2.45, 2.75) is 11.9 Å². The van der Waals surface area contributed by atoms with E-state index in [1.807, 2.05) is 30.3 Å². The summed E-state index contributed by atoms with van der Waals surface area (Å²) in [5.41, 5.74) is 1.98. The number of methoxy groups -OCH3 is 1. The Kier molecular flexibility index (Phi) is 5.58.